The topological polar surface area (TPSA) is 212 Å². The van der Waals surface area contributed by atoms with Gasteiger partial charge in [-0.2, -0.15) is 8.42 Å². The lowest BCUT2D eigenvalue weighted by Crippen LogP contribution is -2.61. The van der Waals surface area contributed by atoms with Gasteiger partial charge in [-0.1, -0.05) is 197 Å². The number of ether oxygens (including phenoxy) is 2. The molecular formula is C53H97NO12S. The van der Waals surface area contributed by atoms with E-state index in [9.17, 15) is 43.3 Å². The van der Waals surface area contributed by atoms with Gasteiger partial charge in [0, 0.05) is 0 Å². The Labute approximate surface area is 407 Å². The SMILES string of the molecule is CCCCCCCCCC/C=C/CC/C=C/CC/C=C/C(O)C(COC1OC(CO)C(O)C(OS(=O)(=O)O)C1O)NC(=O)C(O)CCCCCCCC/C=C\CCCCCCCCCCCC. The van der Waals surface area contributed by atoms with Crippen LogP contribution in [-0.2, 0) is 28.9 Å². The third kappa shape index (κ3) is 34.9. The van der Waals surface area contributed by atoms with E-state index >= 15 is 0 Å². The van der Waals surface area contributed by atoms with Crippen molar-refractivity contribution < 1.29 is 57.0 Å². The van der Waals surface area contributed by atoms with E-state index < -0.39 is 78.5 Å². The molecule has 7 N–H and O–H groups in total. The van der Waals surface area contributed by atoms with Crippen molar-refractivity contribution in [3.8, 4) is 0 Å². The number of aliphatic hydroxyl groups excluding tert-OH is 5. The van der Waals surface area contributed by atoms with Gasteiger partial charge in [-0.15, -0.1) is 0 Å². The zero-order valence-corrected chi connectivity index (χ0v) is 42.6. The lowest BCUT2D eigenvalue weighted by molar-refractivity contribution is -0.298. The molecule has 8 atom stereocenters. The first-order valence-corrected chi connectivity index (χ1v) is 28.0. The van der Waals surface area contributed by atoms with E-state index in [4.69, 9.17) is 9.47 Å². The molecule has 1 aliphatic heterocycles. The minimum Gasteiger partial charge on any atom is -0.394 e. The Morgan fingerprint density at radius 3 is 1.43 bits per heavy atom. The number of nitrogens with one attached hydrogen (secondary N) is 1. The van der Waals surface area contributed by atoms with Gasteiger partial charge in [-0.05, 0) is 70.6 Å². The molecule has 0 saturated carbocycles. The van der Waals surface area contributed by atoms with Crippen LogP contribution in [0.5, 0.6) is 0 Å². The lowest BCUT2D eigenvalue weighted by atomic mass is 9.99. The molecule has 0 aromatic rings. The minimum absolute atomic E-state index is 0.226. The third-order valence-corrected chi connectivity index (χ3v) is 12.9. The Balaban J connectivity index is 2.53. The summed E-state index contributed by atoms with van der Waals surface area (Å²) < 4.78 is 47.6. The highest BCUT2D eigenvalue weighted by molar-refractivity contribution is 7.80. The molecule has 1 aliphatic rings. The van der Waals surface area contributed by atoms with Gasteiger partial charge in [0.05, 0.1) is 25.4 Å². The van der Waals surface area contributed by atoms with Crippen molar-refractivity contribution in [2.75, 3.05) is 13.2 Å². The second-order valence-electron chi connectivity index (χ2n) is 18.6. The number of carbonyl (C=O) groups excluding carboxylic acids is 1. The van der Waals surface area contributed by atoms with Crippen LogP contribution < -0.4 is 5.32 Å². The molecule has 0 aromatic heterocycles. The van der Waals surface area contributed by atoms with E-state index in [2.05, 4.69) is 59.8 Å². The van der Waals surface area contributed by atoms with E-state index in [1.165, 1.54) is 122 Å². The molecule has 0 aliphatic carbocycles. The normalized spacial score (nSPS) is 20.7. The van der Waals surface area contributed by atoms with E-state index in [1.807, 2.05) is 0 Å². The van der Waals surface area contributed by atoms with Crippen molar-refractivity contribution in [2.24, 2.45) is 0 Å². The van der Waals surface area contributed by atoms with Crippen molar-refractivity contribution in [3.05, 3.63) is 48.6 Å². The molecule has 13 nitrogen and oxygen atoms in total. The van der Waals surface area contributed by atoms with Gasteiger partial charge < -0.3 is 40.3 Å². The Morgan fingerprint density at radius 1 is 0.597 bits per heavy atom. The minimum atomic E-state index is -5.13. The smallest absolute Gasteiger partial charge is 0.394 e. The Morgan fingerprint density at radius 2 is 1.00 bits per heavy atom. The van der Waals surface area contributed by atoms with Crippen molar-refractivity contribution >= 4 is 16.3 Å². The molecule has 0 radical (unpaired) electrons. The molecule has 67 heavy (non-hydrogen) atoms. The van der Waals surface area contributed by atoms with Crippen LogP contribution >= 0.6 is 0 Å². The number of allylic oxidation sites excluding steroid dienone is 7. The van der Waals surface area contributed by atoms with Crippen LogP contribution in [0, 0.1) is 0 Å². The van der Waals surface area contributed by atoms with Crippen LogP contribution in [0.3, 0.4) is 0 Å². The van der Waals surface area contributed by atoms with E-state index in [0.29, 0.717) is 12.8 Å². The summed E-state index contributed by atoms with van der Waals surface area (Å²) in [6.45, 7) is 3.21. The van der Waals surface area contributed by atoms with Gasteiger partial charge in [0.25, 0.3) is 0 Å². The second kappa shape index (κ2) is 42.9. The van der Waals surface area contributed by atoms with Gasteiger partial charge in [0.2, 0.25) is 5.91 Å². The predicted molar refractivity (Wildman–Crippen MR) is 270 cm³/mol. The molecule has 1 heterocycles. The van der Waals surface area contributed by atoms with Crippen LogP contribution in [0.2, 0.25) is 0 Å². The molecule has 0 spiro atoms. The maximum atomic E-state index is 13.2. The van der Waals surface area contributed by atoms with Crippen LogP contribution in [0.1, 0.15) is 219 Å². The zero-order valence-electron chi connectivity index (χ0n) is 41.8. The summed E-state index contributed by atoms with van der Waals surface area (Å²) in [6.07, 6.45) is 41.9. The number of hydrogen-bond donors (Lipinski definition) is 7. The van der Waals surface area contributed by atoms with E-state index in [-0.39, 0.29) is 6.42 Å². The average molecular weight is 972 g/mol. The fourth-order valence-corrected chi connectivity index (χ4v) is 8.70. The van der Waals surface area contributed by atoms with Crippen molar-refractivity contribution in [3.63, 3.8) is 0 Å². The number of hydrogen-bond acceptors (Lipinski definition) is 11. The van der Waals surface area contributed by atoms with Crippen LogP contribution in [0.25, 0.3) is 0 Å². The quantitative estimate of drug-likeness (QED) is 0.0173. The molecule has 1 saturated heterocycles. The summed E-state index contributed by atoms with van der Waals surface area (Å²) in [5.74, 6) is -0.721. The van der Waals surface area contributed by atoms with Gasteiger partial charge >= 0.3 is 10.4 Å². The molecule has 1 fully saturated rings. The summed E-state index contributed by atoms with van der Waals surface area (Å²) in [5.41, 5.74) is 0. The number of carbonyl (C=O) groups is 1. The summed E-state index contributed by atoms with van der Waals surface area (Å²) in [6, 6.07) is -1.15. The summed E-state index contributed by atoms with van der Waals surface area (Å²) in [7, 11) is -5.13. The maximum Gasteiger partial charge on any atom is 0.397 e. The zero-order chi connectivity index (χ0) is 49.2. The van der Waals surface area contributed by atoms with Crippen molar-refractivity contribution in [2.45, 2.75) is 268 Å². The summed E-state index contributed by atoms with van der Waals surface area (Å²) >= 11 is 0. The Kier molecular flexibility index (Phi) is 40.3. The number of aliphatic hydroxyl groups is 5. The summed E-state index contributed by atoms with van der Waals surface area (Å²) in [5, 5.41) is 55.4. The van der Waals surface area contributed by atoms with Gasteiger partial charge in [0.1, 0.15) is 30.5 Å². The first-order valence-electron chi connectivity index (χ1n) is 26.6. The van der Waals surface area contributed by atoms with Crippen LogP contribution in [0.15, 0.2) is 48.6 Å². The summed E-state index contributed by atoms with van der Waals surface area (Å²) in [4.78, 5) is 13.2. The number of rotatable bonds is 45. The molecule has 1 amide bonds. The highest BCUT2D eigenvalue weighted by atomic mass is 32.3. The molecule has 14 heteroatoms. The van der Waals surface area contributed by atoms with Gasteiger partial charge in [0.15, 0.2) is 6.29 Å². The van der Waals surface area contributed by atoms with Crippen LogP contribution in [-0.4, -0.2) is 107 Å². The lowest BCUT2D eigenvalue weighted by Gasteiger charge is -2.41. The fraction of sp³-hybridized carbons (Fsp3) is 0.830. The highest BCUT2D eigenvalue weighted by Gasteiger charge is 2.48. The molecule has 1 rings (SSSR count). The van der Waals surface area contributed by atoms with E-state index in [1.54, 1.807) is 6.08 Å². The highest BCUT2D eigenvalue weighted by Crippen LogP contribution is 2.26. The van der Waals surface area contributed by atoms with Crippen molar-refractivity contribution in [1.29, 1.82) is 0 Å². The molecule has 392 valence electrons. The van der Waals surface area contributed by atoms with Crippen molar-refractivity contribution in [1.82, 2.24) is 5.32 Å². The Hall–Kier alpha value is -1.98. The van der Waals surface area contributed by atoms with Gasteiger partial charge in [-0.3, -0.25) is 9.35 Å². The number of unbranched alkanes of at least 4 members (excludes halogenated alkanes) is 26. The van der Waals surface area contributed by atoms with E-state index in [0.717, 1.165) is 70.6 Å². The fourth-order valence-electron chi connectivity index (χ4n) is 8.19. The third-order valence-electron chi connectivity index (χ3n) is 12.4. The first-order chi connectivity index (χ1) is 32.4. The van der Waals surface area contributed by atoms with Crippen LogP contribution in [0.4, 0.5) is 0 Å². The molecule has 0 aromatic carbocycles. The largest absolute Gasteiger partial charge is 0.397 e. The average Bonchev–Trinajstić information content (AvgIpc) is 3.30. The molecule has 0 bridgehead atoms. The van der Waals surface area contributed by atoms with Gasteiger partial charge in [-0.25, -0.2) is 4.18 Å². The Bertz CT molecular complexity index is 1390. The standard InChI is InChI=1S/C53H97NO12S/c1-3-5-7-9-11-13-15-17-19-21-23-24-26-28-30-32-34-36-38-40-42-47(57)52(60)54-45(44-64-53-50(59)51(66-67(61,62)63)49(58)48(43-55)65-53)46(56)41-39-37-35-33-31-29-27-25-22-20-18-16-14-12-10-8-6-4-2/h22,24-26,31,33,39,41,45-51,53,55-59H,3-21,23,27-30,32,34-38,40,42-44H2,1-2H3,(H,54,60)(H,61,62,63)/b25-22+,26-24-,33-31+,41-39+. The first kappa shape index (κ1) is 63.0. The molecular weight excluding hydrogens is 875 g/mol. The second-order valence-corrected chi connectivity index (χ2v) is 19.6. The monoisotopic (exact) mass is 972 g/mol. The molecule has 8 unspecified atom stereocenters. The maximum absolute atomic E-state index is 13.2. The predicted octanol–water partition coefficient (Wildman–Crippen LogP) is 10.6. The number of amides is 1.